The Labute approximate surface area is 113 Å². The Morgan fingerprint density at radius 3 is 2.76 bits per heavy atom. The maximum Gasteiger partial charge on any atom is 0.0595 e. The second-order valence-electron chi connectivity index (χ2n) is 4.61. The van der Waals surface area contributed by atoms with E-state index in [0.29, 0.717) is 10.0 Å². The van der Waals surface area contributed by atoms with Crippen molar-refractivity contribution >= 4 is 23.2 Å². The number of hydrogen-bond acceptors (Lipinski definition) is 2. The van der Waals surface area contributed by atoms with Crippen LogP contribution in [-0.4, -0.2) is 24.0 Å². The summed E-state index contributed by atoms with van der Waals surface area (Å²) in [5.41, 5.74) is 7.38. The van der Waals surface area contributed by atoms with Gasteiger partial charge in [-0.15, -0.1) is 0 Å². The standard InChI is InChI=1S/C13H18Cl2N2/c1-2-6-17-7-5-12(16)13(17)9-3-4-10(14)11(15)8-9/h3-4,8,12-13H,2,5-7,16H2,1H3. The highest BCUT2D eigenvalue weighted by Gasteiger charge is 2.32. The van der Waals surface area contributed by atoms with Crippen molar-refractivity contribution in [2.75, 3.05) is 13.1 Å². The Kier molecular flexibility index (Phi) is 4.31. The summed E-state index contributed by atoms with van der Waals surface area (Å²) in [5.74, 6) is 0. The van der Waals surface area contributed by atoms with E-state index in [4.69, 9.17) is 28.9 Å². The molecule has 0 aromatic heterocycles. The molecule has 0 radical (unpaired) electrons. The molecule has 2 N–H and O–H groups in total. The quantitative estimate of drug-likeness (QED) is 0.913. The van der Waals surface area contributed by atoms with Crippen LogP contribution in [0, 0.1) is 0 Å². The van der Waals surface area contributed by atoms with Gasteiger partial charge in [0.1, 0.15) is 0 Å². The maximum atomic E-state index is 6.20. The van der Waals surface area contributed by atoms with Crippen molar-refractivity contribution in [3.8, 4) is 0 Å². The Bertz CT molecular complexity index is 393. The van der Waals surface area contributed by atoms with Gasteiger partial charge in [-0.05, 0) is 37.1 Å². The van der Waals surface area contributed by atoms with Crippen LogP contribution in [0.15, 0.2) is 18.2 Å². The average molecular weight is 273 g/mol. The molecular weight excluding hydrogens is 255 g/mol. The van der Waals surface area contributed by atoms with Crippen molar-refractivity contribution in [3.63, 3.8) is 0 Å². The van der Waals surface area contributed by atoms with Gasteiger partial charge in [0.15, 0.2) is 0 Å². The minimum absolute atomic E-state index is 0.193. The topological polar surface area (TPSA) is 29.3 Å². The summed E-state index contributed by atoms with van der Waals surface area (Å²) in [6.45, 7) is 4.34. The molecule has 0 amide bonds. The van der Waals surface area contributed by atoms with E-state index < -0.39 is 0 Å². The van der Waals surface area contributed by atoms with E-state index >= 15 is 0 Å². The summed E-state index contributed by atoms with van der Waals surface area (Å²) in [4.78, 5) is 2.43. The fraction of sp³-hybridized carbons (Fsp3) is 0.538. The predicted molar refractivity (Wildman–Crippen MR) is 73.7 cm³/mol. The van der Waals surface area contributed by atoms with Crippen LogP contribution >= 0.6 is 23.2 Å². The number of nitrogens with two attached hydrogens (primary N) is 1. The van der Waals surface area contributed by atoms with Crippen LogP contribution in [0.2, 0.25) is 10.0 Å². The third-order valence-corrected chi connectivity index (χ3v) is 4.08. The largest absolute Gasteiger partial charge is 0.326 e. The van der Waals surface area contributed by atoms with E-state index in [9.17, 15) is 0 Å². The molecule has 1 aromatic rings. The maximum absolute atomic E-state index is 6.20. The lowest BCUT2D eigenvalue weighted by atomic mass is 10.0. The molecule has 1 saturated heterocycles. The Hall–Kier alpha value is -0.280. The van der Waals surface area contributed by atoms with Crippen LogP contribution in [0.3, 0.4) is 0 Å². The molecule has 2 rings (SSSR count). The lowest BCUT2D eigenvalue weighted by Gasteiger charge is -2.27. The fourth-order valence-electron chi connectivity index (χ4n) is 2.58. The normalized spacial score (nSPS) is 25.4. The molecule has 94 valence electrons. The van der Waals surface area contributed by atoms with E-state index in [1.807, 2.05) is 18.2 Å². The minimum Gasteiger partial charge on any atom is -0.326 e. The molecule has 0 aliphatic carbocycles. The van der Waals surface area contributed by atoms with E-state index in [-0.39, 0.29) is 12.1 Å². The van der Waals surface area contributed by atoms with Crippen molar-refractivity contribution in [2.24, 2.45) is 5.73 Å². The smallest absolute Gasteiger partial charge is 0.0595 e. The molecule has 1 fully saturated rings. The van der Waals surface area contributed by atoms with Gasteiger partial charge in [-0.3, -0.25) is 4.90 Å². The number of nitrogens with zero attached hydrogens (tertiary/aromatic N) is 1. The zero-order chi connectivity index (χ0) is 12.4. The first-order valence-electron chi connectivity index (χ1n) is 6.08. The van der Waals surface area contributed by atoms with Crippen LogP contribution < -0.4 is 5.73 Å². The monoisotopic (exact) mass is 272 g/mol. The lowest BCUT2D eigenvalue weighted by Crippen LogP contribution is -2.32. The van der Waals surface area contributed by atoms with Gasteiger partial charge >= 0.3 is 0 Å². The van der Waals surface area contributed by atoms with E-state index in [2.05, 4.69) is 11.8 Å². The van der Waals surface area contributed by atoms with Gasteiger partial charge in [-0.25, -0.2) is 0 Å². The van der Waals surface area contributed by atoms with Gasteiger partial charge in [0.25, 0.3) is 0 Å². The zero-order valence-electron chi connectivity index (χ0n) is 10.00. The lowest BCUT2D eigenvalue weighted by molar-refractivity contribution is 0.248. The fourth-order valence-corrected chi connectivity index (χ4v) is 2.88. The highest BCUT2D eigenvalue weighted by molar-refractivity contribution is 6.42. The number of halogens is 2. The van der Waals surface area contributed by atoms with Gasteiger partial charge in [0, 0.05) is 18.6 Å². The highest BCUT2D eigenvalue weighted by atomic mass is 35.5. The third-order valence-electron chi connectivity index (χ3n) is 3.34. The van der Waals surface area contributed by atoms with Gasteiger partial charge in [-0.1, -0.05) is 36.2 Å². The molecular formula is C13H18Cl2N2. The Morgan fingerprint density at radius 1 is 1.35 bits per heavy atom. The van der Waals surface area contributed by atoms with Crippen molar-refractivity contribution in [3.05, 3.63) is 33.8 Å². The van der Waals surface area contributed by atoms with Gasteiger partial charge in [0.2, 0.25) is 0 Å². The van der Waals surface area contributed by atoms with Gasteiger partial charge in [-0.2, -0.15) is 0 Å². The molecule has 0 saturated carbocycles. The number of benzene rings is 1. The zero-order valence-corrected chi connectivity index (χ0v) is 11.5. The molecule has 2 atom stereocenters. The minimum atomic E-state index is 0.193. The van der Waals surface area contributed by atoms with Crippen LogP contribution in [0.5, 0.6) is 0 Å². The van der Waals surface area contributed by atoms with E-state index in [1.165, 1.54) is 5.56 Å². The molecule has 4 heteroatoms. The second-order valence-corrected chi connectivity index (χ2v) is 5.42. The number of likely N-dealkylation sites (tertiary alicyclic amines) is 1. The summed E-state index contributed by atoms with van der Waals surface area (Å²) in [6.07, 6.45) is 2.19. The summed E-state index contributed by atoms with van der Waals surface area (Å²) < 4.78 is 0. The molecule has 1 aromatic carbocycles. The summed E-state index contributed by atoms with van der Waals surface area (Å²) in [7, 11) is 0. The Morgan fingerprint density at radius 2 is 2.12 bits per heavy atom. The number of rotatable bonds is 3. The molecule has 2 unspecified atom stereocenters. The molecule has 0 spiro atoms. The summed E-state index contributed by atoms with van der Waals surface area (Å²) in [5, 5.41) is 1.21. The van der Waals surface area contributed by atoms with Gasteiger partial charge in [0.05, 0.1) is 10.0 Å². The molecule has 17 heavy (non-hydrogen) atoms. The predicted octanol–water partition coefficient (Wildman–Crippen LogP) is 3.48. The molecule has 1 aliphatic heterocycles. The first-order chi connectivity index (χ1) is 8.13. The molecule has 2 nitrogen and oxygen atoms in total. The molecule has 0 bridgehead atoms. The first-order valence-corrected chi connectivity index (χ1v) is 6.83. The summed E-state index contributed by atoms with van der Waals surface area (Å²) in [6, 6.07) is 6.31. The highest BCUT2D eigenvalue weighted by Crippen LogP contribution is 2.34. The van der Waals surface area contributed by atoms with Crippen molar-refractivity contribution in [1.82, 2.24) is 4.90 Å². The van der Waals surface area contributed by atoms with Crippen LogP contribution in [0.4, 0.5) is 0 Å². The van der Waals surface area contributed by atoms with Crippen LogP contribution in [-0.2, 0) is 0 Å². The van der Waals surface area contributed by atoms with Crippen LogP contribution in [0.25, 0.3) is 0 Å². The van der Waals surface area contributed by atoms with Crippen LogP contribution in [0.1, 0.15) is 31.4 Å². The van der Waals surface area contributed by atoms with E-state index in [1.54, 1.807) is 0 Å². The first kappa shape index (κ1) is 13.2. The third kappa shape index (κ3) is 2.76. The Balaban J connectivity index is 2.26. The van der Waals surface area contributed by atoms with E-state index in [0.717, 1.165) is 25.9 Å². The molecule has 1 heterocycles. The summed E-state index contributed by atoms with van der Waals surface area (Å²) >= 11 is 12.0. The van der Waals surface area contributed by atoms with Crippen molar-refractivity contribution in [1.29, 1.82) is 0 Å². The number of hydrogen-bond donors (Lipinski definition) is 1. The van der Waals surface area contributed by atoms with Gasteiger partial charge < -0.3 is 5.73 Å². The second kappa shape index (κ2) is 5.57. The van der Waals surface area contributed by atoms with Crippen molar-refractivity contribution < 1.29 is 0 Å². The SMILES string of the molecule is CCCN1CCC(N)C1c1ccc(Cl)c(Cl)c1. The average Bonchev–Trinajstić information content (AvgIpc) is 2.65. The molecule has 1 aliphatic rings. The van der Waals surface area contributed by atoms with Crippen molar-refractivity contribution in [2.45, 2.75) is 31.8 Å².